The molecule has 0 bridgehead atoms. The molecule has 2 heterocycles. The van der Waals surface area contributed by atoms with Crippen molar-refractivity contribution in [2.45, 2.75) is 38.6 Å². The van der Waals surface area contributed by atoms with Gasteiger partial charge in [-0.2, -0.15) is 4.98 Å². The number of hydrogen-bond donors (Lipinski definition) is 4. The summed E-state index contributed by atoms with van der Waals surface area (Å²) < 4.78 is 0. The molecule has 0 saturated heterocycles. The number of nitrogens with one attached hydrogen (secondary N) is 1. The molecule has 5 N–H and O–H groups in total. The molecular formula is C20H30N6O2S. The Hall–Kier alpha value is -2.36. The molecule has 8 nitrogen and oxygen atoms in total. The van der Waals surface area contributed by atoms with Crippen molar-refractivity contribution in [2.24, 2.45) is 10.9 Å². The van der Waals surface area contributed by atoms with Crippen LogP contribution < -0.4 is 11.1 Å². The average molecular weight is 419 g/mol. The van der Waals surface area contributed by atoms with Gasteiger partial charge in [-0.15, -0.1) is 17.9 Å². The van der Waals surface area contributed by atoms with Gasteiger partial charge in [0.05, 0.1) is 17.0 Å². The zero-order valence-electron chi connectivity index (χ0n) is 17.2. The van der Waals surface area contributed by atoms with E-state index in [-0.39, 0.29) is 18.6 Å². The van der Waals surface area contributed by atoms with Gasteiger partial charge in [0.25, 0.3) is 0 Å². The molecule has 0 spiro atoms. The number of nitrogens with zero attached hydrogens (tertiary/aromatic N) is 4. The normalized spacial score (nSPS) is 18.5. The number of rotatable bonds is 7. The Kier molecular flexibility index (Phi) is 8.69. The first-order valence-corrected chi connectivity index (χ1v) is 10.4. The lowest BCUT2D eigenvalue weighted by molar-refractivity contribution is 0.229. The van der Waals surface area contributed by atoms with E-state index < -0.39 is 0 Å². The van der Waals surface area contributed by atoms with Crippen molar-refractivity contribution >= 4 is 29.3 Å². The van der Waals surface area contributed by atoms with Crippen molar-refractivity contribution in [3.8, 4) is 10.6 Å². The zero-order valence-corrected chi connectivity index (χ0v) is 18.0. The van der Waals surface area contributed by atoms with E-state index in [1.807, 2.05) is 13.0 Å². The summed E-state index contributed by atoms with van der Waals surface area (Å²) in [5, 5.41) is 20.8. The Morgan fingerprint density at radius 2 is 2.07 bits per heavy atom. The predicted octanol–water partition coefficient (Wildman–Crippen LogP) is 2.45. The largest absolute Gasteiger partial charge is 0.400 e. The van der Waals surface area contributed by atoms with Crippen LogP contribution in [0.1, 0.15) is 35.5 Å². The maximum atomic E-state index is 9.40. The Morgan fingerprint density at radius 1 is 1.31 bits per heavy atom. The number of allylic oxidation sites excluding steroid dienone is 1. The van der Waals surface area contributed by atoms with E-state index in [1.165, 1.54) is 0 Å². The summed E-state index contributed by atoms with van der Waals surface area (Å²) in [6.07, 6.45) is 7.30. The molecule has 0 aromatic carbocycles. The molecule has 1 saturated carbocycles. The van der Waals surface area contributed by atoms with Crippen LogP contribution in [0.3, 0.4) is 0 Å². The zero-order chi connectivity index (χ0) is 21.4. The minimum atomic E-state index is 0.229. The van der Waals surface area contributed by atoms with Crippen LogP contribution in [0.25, 0.3) is 10.6 Å². The number of aliphatic imine (C=N–C) groups is 1. The second-order valence-corrected chi connectivity index (χ2v) is 7.88. The van der Waals surface area contributed by atoms with Gasteiger partial charge >= 0.3 is 0 Å². The van der Waals surface area contributed by atoms with Crippen molar-refractivity contribution in [3.05, 3.63) is 28.9 Å². The number of aliphatic hydroxyl groups is 2. The molecule has 29 heavy (non-hydrogen) atoms. The Balaban J connectivity index is 0.00000145. The predicted molar refractivity (Wildman–Crippen MR) is 120 cm³/mol. The minimum Gasteiger partial charge on any atom is -0.400 e. The number of aromatic nitrogens is 3. The van der Waals surface area contributed by atoms with Crippen molar-refractivity contribution in [3.63, 3.8) is 0 Å². The lowest BCUT2D eigenvalue weighted by Gasteiger charge is -2.17. The number of anilines is 2. The topological polar surface area (TPSA) is 130 Å². The summed E-state index contributed by atoms with van der Waals surface area (Å²) in [6, 6.07) is 0.263. The van der Waals surface area contributed by atoms with Gasteiger partial charge in [0.2, 0.25) is 5.95 Å². The molecule has 2 aromatic rings. The number of thiazole rings is 1. The quantitative estimate of drug-likeness (QED) is 0.401. The highest BCUT2D eigenvalue weighted by atomic mass is 32.1. The van der Waals surface area contributed by atoms with Crippen LogP contribution in [0.4, 0.5) is 11.8 Å². The molecule has 158 valence electrons. The van der Waals surface area contributed by atoms with Crippen molar-refractivity contribution in [2.75, 3.05) is 31.8 Å². The highest BCUT2D eigenvalue weighted by Crippen LogP contribution is 2.36. The van der Waals surface area contributed by atoms with Gasteiger partial charge in [-0.1, -0.05) is 6.08 Å². The molecule has 9 heteroatoms. The van der Waals surface area contributed by atoms with Crippen LogP contribution in [0, 0.1) is 12.8 Å². The molecule has 0 radical (unpaired) electrons. The lowest BCUT2D eigenvalue weighted by atomic mass is 10.1. The first kappa shape index (κ1) is 22.9. The van der Waals surface area contributed by atoms with Crippen LogP contribution >= 0.6 is 11.3 Å². The summed E-state index contributed by atoms with van der Waals surface area (Å²) in [7, 11) is 2.74. The minimum absolute atomic E-state index is 0.229. The van der Waals surface area contributed by atoms with E-state index in [4.69, 9.17) is 15.8 Å². The SMILES string of the molecule is C=CCc1sc(-c2c(C)nc(N)nc2NC2CCC(CO)C2)nc1C=NC.CO. The molecule has 2 atom stereocenters. The van der Waals surface area contributed by atoms with E-state index in [0.29, 0.717) is 11.7 Å². The summed E-state index contributed by atoms with van der Waals surface area (Å²) in [5.41, 5.74) is 8.43. The Morgan fingerprint density at radius 3 is 2.69 bits per heavy atom. The Labute approximate surface area is 175 Å². The Bertz CT molecular complexity index is 852. The molecule has 1 fully saturated rings. The summed E-state index contributed by atoms with van der Waals surface area (Å²) in [5.74, 6) is 1.30. The van der Waals surface area contributed by atoms with Gasteiger partial charge in [0, 0.05) is 44.3 Å². The van der Waals surface area contributed by atoms with E-state index in [1.54, 1.807) is 24.6 Å². The lowest BCUT2D eigenvalue weighted by Crippen LogP contribution is -2.19. The van der Waals surface area contributed by atoms with E-state index >= 15 is 0 Å². The third-order valence-electron chi connectivity index (χ3n) is 4.77. The van der Waals surface area contributed by atoms with Crippen LogP contribution in [-0.4, -0.2) is 58.2 Å². The van der Waals surface area contributed by atoms with Gasteiger partial charge in [-0.3, -0.25) is 4.99 Å². The van der Waals surface area contributed by atoms with E-state index in [9.17, 15) is 5.11 Å². The van der Waals surface area contributed by atoms with Crippen molar-refractivity contribution < 1.29 is 10.2 Å². The standard InChI is InChI=1S/C19H26N6OS.CH4O/c1-4-5-15-14(9-21-3)24-18(27-15)16-11(2)22-19(20)25-17(16)23-13-7-6-12(8-13)10-26;1-2/h4,9,12-13,26H,1,5-8,10H2,2-3H3,(H3,20,22,23,25);2H,1H3. The number of aliphatic hydroxyl groups excluding tert-OH is 2. The molecule has 1 aliphatic rings. The van der Waals surface area contributed by atoms with Gasteiger partial charge < -0.3 is 21.3 Å². The first-order chi connectivity index (χ1) is 14.0. The number of nitrogen functional groups attached to an aromatic ring is 1. The monoisotopic (exact) mass is 418 g/mol. The van der Waals surface area contributed by atoms with Gasteiger partial charge in [-0.05, 0) is 32.1 Å². The fourth-order valence-corrected chi connectivity index (χ4v) is 4.62. The van der Waals surface area contributed by atoms with Crippen LogP contribution in [-0.2, 0) is 6.42 Å². The van der Waals surface area contributed by atoms with Crippen LogP contribution in [0.5, 0.6) is 0 Å². The second-order valence-electron chi connectivity index (χ2n) is 6.80. The van der Waals surface area contributed by atoms with Gasteiger partial charge in [0.15, 0.2) is 0 Å². The smallest absolute Gasteiger partial charge is 0.222 e. The first-order valence-electron chi connectivity index (χ1n) is 9.55. The third kappa shape index (κ3) is 5.59. The molecule has 3 rings (SSSR count). The maximum absolute atomic E-state index is 9.40. The molecule has 2 aromatic heterocycles. The summed E-state index contributed by atoms with van der Waals surface area (Å²) in [6.45, 7) is 5.98. The highest BCUT2D eigenvalue weighted by Gasteiger charge is 2.26. The third-order valence-corrected chi connectivity index (χ3v) is 5.88. The molecule has 2 unspecified atom stereocenters. The maximum Gasteiger partial charge on any atom is 0.222 e. The second kappa shape index (κ2) is 11.0. The number of nitrogens with two attached hydrogens (primary N) is 1. The highest BCUT2D eigenvalue weighted by molar-refractivity contribution is 7.15. The molecular weight excluding hydrogens is 388 g/mol. The van der Waals surface area contributed by atoms with E-state index in [0.717, 1.165) is 59.6 Å². The molecule has 0 aliphatic heterocycles. The van der Waals surface area contributed by atoms with Crippen molar-refractivity contribution in [1.82, 2.24) is 15.0 Å². The number of hydrogen-bond acceptors (Lipinski definition) is 9. The number of aryl methyl sites for hydroxylation is 1. The fraction of sp³-hybridized carbons (Fsp3) is 0.500. The van der Waals surface area contributed by atoms with E-state index in [2.05, 4.69) is 26.9 Å². The molecule has 0 amide bonds. The summed E-state index contributed by atoms with van der Waals surface area (Å²) in [4.78, 5) is 18.8. The average Bonchev–Trinajstić information content (AvgIpc) is 3.31. The molecule has 1 aliphatic carbocycles. The fourth-order valence-electron chi connectivity index (χ4n) is 3.49. The van der Waals surface area contributed by atoms with Crippen molar-refractivity contribution in [1.29, 1.82) is 0 Å². The van der Waals surface area contributed by atoms with Gasteiger partial charge in [0.1, 0.15) is 10.8 Å². The summed E-state index contributed by atoms with van der Waals surface area (Å²) >= 11 is 1.60. The van der Waals surface area contributed by atoms with Crippen LogP contribution in [0.2, 0.25) is 0 Å². The van der Waals surface area contributed by atoms with Gasteiger partial charge in [-0.25, -0.2) is 9.97 Å². The van der Waals surface area contributed by atoms with Crippen LogP contribution in [0.15, 0.2) is 17.6 Å².